The third kappa shape index (κ3) is 2.33. The number of aliphatic carboxylic acids is 1. The van der Waals surface area contributed by atoms with Gasteiger partial charge < -0.3 is 5.11 Å². The van der Waals surface area contributed by atoms with Crippen LogP contribution in [0.25, 0.3) is 11.4 Å². The van der Waals surface area contributed by atoms with E-state index >= 15 is 0 Å². The van der Waals surface area contributed by atoms with Gasteiger partial charge in [-0.05, 0) is 29.5 Å². The van der Waals surface area contributed by atoms with Gasteiger partial charge in [-0.2, -0.15) is 0 Å². The lowest BCUT2D eigenvalue weighted by atomic mass is 10.2. The normalized spacial score (nSPS) is 12.4. The van der Waals surface area contributed by atoms with Crippen LogP contribution in [-0.4, -0.2) is 31.3 Å². The number of tetrazole rings is 1. The number of rotatable bonds is 3. The Balaban J connectivity index is 2.43. The zero-order valence-corrected chi connectivity index (χ0v) is 10.5. The van der Waals surface area contributed by atoms with Gasteiger partial charge in [0.2, 0.25) is 0 Å². The summed E-state index contributed by atoms with van der Waals surface area (Å²) in [4.78, 5) is 10.9. The van der Waals surface area contributed by atoms with Crippen molar-refractivity contribution in [2.75, 3.05) is 0 Å². The first-order valence-corrected chi connectivity index (χ1v) is 5.65. The fraction of sp³-hybridized carbons (Fsp3) is 0.200. The summed E-state index contributed by atoms with van der Waals surface area (Å²) in [6.45, 7) is 1.53. The van der Waals surface area contributed by atoms with Gasteiger partial charge in [0, 0.05) is 10.0 Å². The van der Waals surface area contributed by atoms with Gasteiger partial charge in [0.15, 0.2) is 11.9 Å². The second-order valence-corrected chi connectivity index (χ2v) is 4.38. The number of hydrogen-bond acceptors (Lipinski definition) is 4. The Morgan fingerprint density at radius 2 is 2.06 bits per heavy atom. The molecule has 2 aromatic rings. The Labute approximate surface area is 105 Å². The summed E-state index contributed by atoms with van der Waals surface area (Å²) >= 11 is 3.33. The molecule has 6 nitrogen and oxygen atoms in total. The quantitative estimate of drug-likeness (QED) is 0.933. The maximum absolute atomic E-state index is 10.9. The molecular weight excluding hydrogens is 288 g/mol. The molecule has 1 atom stereocenters. The number of benzene rings is 1. The van der Waals surface area contributed by atoms with Gasteiger partial charge in [-0.25, -0.2) is 9.48 Å². The van der Waals surface area contributed by atoms with Crippen LogP contribution >= 0.6 is 15.9 Å². The smallest absolute Gasteiger partial charge is 0.328 e. The van der Waals surface area contributed by atoms with E-state index in [9.17, 15) is 4.79 Å². The Bertz CT molecular complexity index is 537. The van der Waals surface area contributed by atoms with Gasteiger partial charge >= 0.3 is 5.97 Å². The van der Waals surface area contributed by atoms with E-state index in [2.05, 4.69) is 31.5 Å². The van der Waals surface area contributed by atoms with Crippen molar-refractivity contribution in [2.45, 2.75) is 13.0 Å². The molecule has 1 unspecified atom stereocenters. The van der Waals surface area contributed by atoms with E-state index in [1.165, 1.54) is 11.6 Å². The van der Waals surface area contributed by atoms with Crippen LogP contribution < -0.4 is 0 Å². The molecule has 0 saturated heterocycles. The predicted molar refractivity (Wildman–Crippen MR) is 63.3 cm³/mol. The second kappa shape index (κ2) is 4.62. The summed E-state index contributed by atoms with van der Waals surface area (Å²) in [7, 11) is 0. The topological polar surface area (TPSA) is 80.9 Å². The predicted octanol–water partition coefficient (Wildman–Crippen LogP) is 1.75. The monoisotopic (exact) mass is 296 g/mol. The van der Waals surface area contributed by atoms with Crippen LogP contribution in [0.1, 0.15) is 13.0 Å². The van der Waals surface area contributed by atoms with Crippen molar-refractivity contribution in [1.82, 2.24) is 20.2 Å². The molecule has 0 saturated carbocycles. The molecule has 1 aromatic carbocycles. The van der Waals surface area contributed by atoms with E-state index in [0.29, 0.717) is 5.82 Å². The molecule has 0 aliphatic carbocycles. The first kappa shape index (κ1) is 11.7. The van der Waals surface area contributed by atoms with Crippen molar-refractivity contribution in [3.8, 4) is 11.4 Å². The summed E-state index contributed by atoms with van der Waals surface area (Å²) in [5.41, 5.74) is 0.770. The molecule has 17 heavy (non-hydrogen) atoms. The number of nitrogens with zero attached hydrogens (tertiary/aromatic N) is 4. The van der Waals surface area contributed by atoms with E-state index in [-0.39, 0.29) is 0 Å². The standard InChI is InChI=1S/C10H9BrN4O2/c1-6(10(16)17)15-9(12-13-14-15)7-2-4-8(11)5-3-7/h2-6H,1H3,(H,16,17). The van der Waals surface area contributed by atoms with Crippen LogP contribution in [0, 0.1) is 0 Å². The van der Waals surface area contributed by atoms with Gasteiger partial charge in [0.05, 0.1) is 0 Å². The van der Waals surface area contributed by atoms with Crippen LogP contribution in [0.5, 0.6) is 0 Å². The fourth-order valence-electron chi connectivity index (χ4n) is 1.35. The average Bonchev–Trinajstić information content (AvgIpc) is 2.77. The van der Waals surface area contributed by atoms with E-state index < -0.39 is 12.0 Å². The molecule has 1 heterocycles. The van der Waals surface area contributed by atoms with E-state index in [1.807, 2.05) is 24.3 Å². The van der Waals surface area contributed by atoms with Gasteiger partial charge in [-0.3, -0.25) is 0 Å². The highest BCUT2D eigenvalue weighted by atomic mass is 79.9. The number of aromatic nitrogens is 4. The molecule has 0 aliphatic heterocycles. The highest BCUT2D eigenvalue weighted by molar-refractivity contribution is 9.10. The number of carboxylic acid groups (broad SMARTS) is 1. The highest BCUT2D eigenvalue weighted by Crippen LogP contribution is 2.21. The fourth-order valence-corrected chi connectivity index (χ4v) is 1.61. The molecule has 1 aromatic heterocycles. The minimum atomic E-state index is -0.976. The van der Waals surface area contributed by atoms with Crippen LogP contribution in [-0.2, 0) is 4.79 Å². The van der Waals surface area contributed by atoms with Crippen molar-refractivity contribution in [1.29, 1.82) is 0 Å². The van der Waals surface area contributed by atoms with Crippen LogP contribution in [0.3, 0.4) is 0 Å². The lowest BCUT2D eigenvalue weighted by molar-refractivity contribution is -0.140. The van der Waals surface area contributed by atoms with Crippen molar-refractivity contribution >= 4 is 21.9 Å². The summed E-state index contributed by atoms with van der Waals surface area (Å²) in [5, 5.41) is 20.0. The lowest BCUT2D eigenvalue weighted by Gasteiger charge is -2.08. The molecule has 0 spiro atoms. The zero-order chi connectivity index (χ0) is 12.4. The van der Waals surface area contributed by atoms with Crippen LogP contribution in [0.2, 0.25) is 0 Å². The zero-order valence-electron chi connectivity index (χ0n) is 8.91. The van der Waals surface area contributed by atoms with E-state index in [0.717, 1.165) is 10.0 Å². The Morgan fingerprint density at radius 3 is 2.65 bits per heavy atom. The van der Waals surface area contributed by atoms with Gasteiger partial charge in [0.25, 0.3) is 0 Å². The SMILES string of the molecule is CC(C(=O)O)n1nnnc1-c1ccc(Br)cc1. The van der Waals surface area contributed by atoms with Gasteiger partial charge in [-0.1, -0.05) is 28.1 Å². The van der Waals surface area contributed by atoms with Crippen LogP contribution in [0.4, 0.5) is 0 Å². The average molecular weight is 297 g/mol. The summed E-state index contributed by atoms with van der Waals surface area (Å²) in [5.74, 6) is -0.539. The molecule has 0 fully saturated rings. The lowest BCUT2D eigenvalue weighted by Crippen LogP contribution is -2.18. The summed E-state index contributed by atoms with van der Waals surface area (Å²) < 4.78 is 2.22. The number of halogens is 1. The van der Waals surface area contributed by atoms with Crippen molar-refractivity contribution in [3.05, 3.63) is 28.7 Å². The minimum absolute atomic E-state index is 0.437. The molecule has 7 heteroatoms. The maximum Gasteiger partial charge on any atom is 0.328 e. The summed E-state index contributed by atoms with van der Waals surface area (Å²) in [6.07, 6.45) is 0. The molecule has 1 N–H and O–H groups in total. The molecule has 0 aliphatic rings. The molecule has 0 radical (unpaired) electrons. The Morgan fingerprint density at radius 1 is 1.41 bits per heavy atom. The minimum Gasteiger partial charge on any atom is -0.480 e. The Kier molecular flexibility index (Phi) is 3.19. The van der Waals surface area contributed by atoms with E-state index in [4.69, 9.17) is 5.11 Å². The first-order chi connectivity index (χ1) is 8.09. The Hall–Kier alpha value is -1.76. The second-order valence-electron chi connectivity index (χ2n) is 3.47. The van der Waals surface area contributed by atoms with Gasteiger partial charge in [-0.15, -0.1) is 5.10 Å². The van der Waals surface area contributed by atoms with Crippen LogP contribution in [0.15, 0.2) is 28.7 Å². The highest BCUT2D eigenvalue weighted by Gasteiger charge is 2.19. The number of carboxylic acids is 1. The first-order valence-electron chi connectivity index (χ1n) is 4.86. The van der Waals surface area contributed by atoms with Crippen molar-refractivity contribution < 1.29 is 9.90 Å². The molecule has 0 amide bonds. The molecular formula is C10H9BrN4O2. The van der Waals surface area contributed by atoms with Crippen molar-refractivity contribution in [2.24, 2.45) is 0 Å². The van der Waals surface area contributed by atoms with E-state index in [1.54, 1.807) is 0 Å². The third-order valence-electron chi connectivity index (χ3n) is 2.32. The largest absolute Gasteiger partial charge is 0.480 e. The van der Waals surface area contributed by atoms with Crippen molar-refractivity contribution in [3.63, 3.8) is 0 Å². The molecule has 88 valence electrons. The molecule has 0 bridgehead atoms. The number of carbonyl (C=O) groups is 1. The maximum atomic E-state index is 10.9. The molecule has 2 rings (SSSR count). The summed E-state index contributed by atoms with van der Waals surface area (Å²) in [6, 6.07) is 6.53. The third-order valence-corrected chi connectivity index (χ3v) is 2.85. The van der Waals surface area contributed by atoms with Gasteiger partial charge in [0.1, 0.15) is 0 Å². The number of hydrogen-bond donors (Lipinski definition) is 1.